The Morgan fingerprint density at radius 3 is 2.47 bits per heavy atom. The number of hydrogen-bond acceptors (Lipinski definition) is 4. The Morgan fingerprint density at radius 1 is 1.03 bits per heavy atom. The van der Waals surface area contributed by atoms with E-state index in [1.165, 1.54) is 11.3 Å². The average molecular weight is 429 g/mol. The highest BCUT2D eigenvalue weighted by molar-refractivity contribution is 7.11. The second-order valence-electron chi connectivity index (χ2n) is 6.54. The van der Waals surface area contributed by atoms with Crippen molar-refractivity contribution >= 4 is 34.6 Å². The molecule has 0 fully saturated rings. The van der Waals surface area contributed by atoms with Crippen LogP contribution in [0.5, 0.6) is 5.75 Å². The van der Waals surface area contributed by atoms with Crippen LogP contribution in [-0.4, -0.2) is 4.98 Å². The van der Waals surface area contributed by atoms with Crippen LogP contribution in [0.4, 0.5) is 0 Å². The molecular formula is C25H17ClN2OS. The Hall–Kier alpha value is -3.39. The molecule has 0 saturated heterocycles. The SMILES string of the molecule is N#C/C(=C/c1ccc(OCc2ccccc2)c(Cl)c1)c1nc(-c2ccccc2)cs1. The van der Waals surface area contributed by atoms with Crippen LogP contribution in [0.3, 0.4) is 0 Å². The first-order valence-corrected chi connectivity index (χ1v) is 10.6. The van der Waals surface area contributed by atoms with Crippen LogP contribution >= 0.6 is 22.9 Å². The lowest BCUT2D eigenvalue weighted by atomic mass is 10.1. The summed E-state index contributed by atoms with van der Waals surface area (Å²) in [5.74, 6) is 0.608. The Morgan fingerprint density at radius 2 is 1.77 bits per heavy atom. The standard InChI is InChI=1S/C25H17ClN2OS/c26-22-14-19(11-12-24(22)29-16-18-7-3-1-4-8-18)13-21(15-27)25-28-23(17-30-25)20-9-5-2-6-10-20/h1-14,17H,16H2/b21-13-. The first kappa shape index (κ1) is 19.9. The Bertz CT molecular complexity index is 1210. The molecule has 4 aromatic rings. The van der Waals surface area contributed by atoms with E-state index in [-0.39, 0.29) is 0 Å². The predicted octanol–water partition coefficient (Wildman–Crippen LogP) is 7.11. The van der Waals surface area contributed by atoms with E-state index < -0.39 is 0 Å². The Labute approximate surface area is 184 Å². The zero-order chi connectivity index (χ0) is 20.8. The van der Waals surface area contributed by atoms with Gasteiger partial charge in [0.15, 0.2) is 0 Å². The molecule has 0 bridgehead atoms. The minimum absolute atomic E-state index is 0.445. The molecule has 4 rings (SSSR count). The summed E-state index contributed by atoms with van der Waals surface area (Å²) >= 11 is 7.85. The fraction of sp³-hybridized carbons (Fsp3) is 0.0400. The quantitative estimate of drug-likeness (QED) is 0.307. The number of halogens is 1. The number of benzene rings is 3. The third kappa shape index (κ3) is 4.77. The van der Waals surface area contributed by atoms with Crippen molar-refractivity contribution in [2.24, 2.45) is 0 Å². The molecule has 3 aromatic carbocycles. The van der Waals surface area contributed by atoms with E-state index >= 15 is 0 Å². The molecule has 0 atom stereocenters. The fourth-order valence-electron chi connectivity index (χ4n) is 2.91. The van der Waals surface area contributed by atoms with Gasteiger partial charge >= 0.3 is 0 Å². The van der Waals surface area contributed by atoms with Gasteiger partial charge < -0.3 is 4.74 Å². The van der Waals surface area contributed by atoms with Crippen LogP contribution in [0.2, 0.25) is 5.02 Å². The largest absolute Gasteiger partial charge is 0.487 e. The minimum Gasteiger partial charge on any atom is -0.487 e. The second-order valence-corrected chi connectivity index (χ2v) is 7.80. The highest BCUT2D eigenvalue weighted by atomic mass is 35.5. The number of rotatable bonds is 6. The van der Waals surface area contributed by atoms with Gasteiger partial charge in [-0.15, -0.1) is 11.3 Å². The summed E-state index contributed by atoms with van der Waals surface area (Å²) < 4.78 is 5.82. The lowest BCUT2D eigenvalue weighted by Crippen LogP contribution is -1.95. The molecule has 30 heavy (non-hydrogen) atoms. The number of nitrogens with zero attached hydrogens (tertiary/aromatic N) is 2. The van der Waals surface area contributed by atoms with Gasteiger partial charge in [-0.1, -0.05) is 78.3 Å². The molecule has 0 amide bonds. The van der Waals surface area contributed by atoms with Crippen molar-refractivity contribution in [1.82, 2.24) is 4.98 Å². The first-order valence-electron chi connectivity index (χ1n) is 9.32. The molecule has 0 spiro atoms. The maximum absolute atomic E-state index is 9.65. The molecule has 0 aliphatic heterocycles. The normalized spacial score (nSPS) is 11.1. The van der Waals surface area contributed by atoms with Gasteiger partial charge in [-0.2, -0.15) is 5.26 Å². The van der Waals surface area contributed by atoms with Crippen molar-refractivity contribution in [1.29, 1.82) is 5.26 Å². The third-order valence-corrected chi connectivity index (χ3v) is 5.60. The molecule has 5 heteroatoms. The van der Waals surface area contributed by atoms with Crippen molar-refractivity contribution in [3.8, 4) is 23.1 Å². The third-order valence-electron chi connectivity index (χ3n) is 4.43. The number of aromatic nitrogens is 1. The summed E-state index contributed by atoms with van der Waals surface area (Å²) in [6, 6.07) is 27.6. The van der Waals surface area contributed by atoms with Gasteiger partial charge in [-0.25, -0.2) is 4.98 Å². The van der Waals surface area contributed by atoms with E-state index in [1.807, 2.05) is 78.2 Å². The molecule has 0 saturated carbocycles. The van der Waals surface area contributed by atoms with E-state index in [9.17, 15) is 5.26 Å². The zero-order valence-corrected chi connectivity index (χ0v) is 17.5. The van der Waals surface area contributed by atoms with Crippen molar-refractivity contribution in [2.75, 3.05) is 0 Å². The van der Waals surface area contributed by atoms with Crippen LogP contribution in [0.25, 0.3) is 22.9 Å². The van der Waals surface area contributed by atoms with Crippen molar-refractivity contribution in [3.05, 3.63) is 105 Å². The second kappa shape index (κ2) is 9.41. The zero-order valence-electron chi connectivity index (χ0n) is 16.0. The van der Waals surface area contributed by atoms with E-state index in [4.69, 9.17) is 16.3 Å². The molecular weight excluding hydrogens is 412 g/mol. The summed E-state index contributed by atoms with van der Waals surface area (Å²) in [6.07, 6.45) is 1.79. The van der Waals surface area contributed by atoms with Crippen molar-refractivity contribution in [2.45, 2.75) is 6.61 Å². The predicted molar refractivity (Wildman–Crippen MR) is 123 cm³/mol. The van der Waals surface area contributed by atoms with Crippen LogP contribution in [0.1, 0.15) is 16.1 Å². The molecule has 1 aromatic heterocycles. The summed E-state index contributed by atoms with van der Waals surface area (Å²) in [6.45, 7) is 0.445. The summed E-state index contributed by atoms with van der Waals surface area (Å²) in [4.78, 5) is 4.62. The highest BCUT2D eigenvalue weighted by Crippen LogP contribution is 2.30. The number of allylic oxidation sites excluding steroid dienone is 1. The summed E-state index contributed by atoms with van der Waals surface area (Å²) in [5.41, 5.74) is 4.28. The lowest BCUT2D eigenvalue weighted by Gasteiger charge is -2.09. The first-order chi connectivity index (χ1) is 14.7. The molecule has 146 valence electrons. The summed E-state index contributed by atoms with van der Waals surface area (Å²) in [5, 5.41) is 12.8. The lowest BCUT2D eigenvalue weighted by molar-refractivity contribution is 0.306. The van der Waals surface area contributed by atoms with Crippen molar-refractivity contribution < 1.29 is 4.74 Å². The van der Waals surface area contributed by atoms with Gasteiger partial charge in [0.05, 0.1) is 16.3 Å². The molecule has 0 radical (unpaired) electrons. The van der Waals surface area contributed by atoms with Crippen molar-refractivity contribution in [3.63, 3.8) is 0 Å². The molecule has 0 unspecified atom stereocenters. The smallest absolute Gasteiger partial charge is 0.138 e. The maximum Gasteiger partial charge on any atom is 0.138 e. The molecule has 0 aliphatic rings. The van der Waals surface area contributed by atoms with E-state index in [2.05, 4.69) is 11.1 Å². The minimum atomic E-state index is 0.445. The fourth-order valence-corrected chi connectivity index (χ4v) is 3.94. The monoisotopic (exact) mass is 428 g/mol. The van der Waals surface area contributed by atoms with E-state index in [0.717, 1.165) is 22.4 Å². The topological polar surface area (TPSA) is 45.9 Å². The number of hydrogen-bond donors (Lipinski definition) is 0. The Balaban J connectivity index is 1.52. The van der Waals surface area contributed by atoms with Gasteiger partial charge in [0.2, 0.25) is 0 Å². The van der Waals surface area contributed by atoms with Crippen LogP contribution in [-0.2, 0) is 6.61 Å². The molecule has 1 heterocycles. The molecule has 3 nitrogen and oxygen atoms in total. The molecule has 0 N–H and O–H groups in total. The Kier molecular flexibility index (Phi) is 6.24. The molecule has 0 aliphatic carbocycles. The van der Waals surface area contributed by atoms with Gasteiger partial charge in [-0.05, 0) is 29.3 Å². The van der Waals surface area contributed by atoms with Crippen LogP contribution in [0.15, 0.2) is 84.2 Å². The van der Waals surface area contributed by atoms with Crippen LogP contribution in [0, 0.1) is 11.3 Å². The number of ether oxygens (including phenoxy) is 1. The van der Waals surface area contributed by atoms with Crippen LogP contribution < -0.4 is 4.74 Å². The van der Waals surface area contributed by atoms with E-state index in [1.54, 1.807) is 12.1 Å². The number of thiazole rings is 1. The van der Waals surface area contributed by atoms with Gasteiger partial charge in [0.1, 0.15) is 23.4 Å². The van der Waals surface area contributed by atoms with Gasteiger partial charge in [-0.3, -0.25) is 0 Å². The van der Waals surface area contributed by atoms with E-state index in [0.29, 0.717) is 28.0 Å². The average Bonchev–Trinajstić information content (AvgIpc) is 3.28. The number of nitriles is 1. The highest BCUT2D eigenvalue weighted by Gasteiger charge is 2.10. The summed E-state index contributed by atoms with van der Waals surface area (Å²) in [7, 11) is 0. The van der Waals surface area contributed by atoms with Gasteiger partial charge in [0, 0.05) is 10.9 Å². The maximum atomic E-state index is 9.65. The van der Waals surface area contributed by atoms with Gasteiger partial charge in [0.25, 0.3) is 0 Å².